The summed E-state index contributed by atoms with van der Waals surface area (Å²) in [5, 5.41) is 19.7. The molecular weight excluding hydrogens is 360 g/mol. The number of aromatic nitrogens is 2. The number of benzene rings is 1. The third-order valence-corrected chi connectivity index (χ3v) is 5.83. The van der Waals surface area contributed by atoms with E-state index in [0.29, 0.717) is 12.0 Å². The van der Waals surface area contributed by atoms with Crippen molar-refractivity contribution in [1.29, 1.82) is 0 Å². The molecule has 138 valence electrons. The second-order valence-corrected chi connectivity index (χ2v) is 7.72. The van der Waals surface area contributed by atoms with E-state index in [2.05, 4.69) is 20.5 Å². The minimum absolute atomic E-state index is 0.0571. The largest absolute Gasteiger partial charge is 0.508 e. The molecule has 5 rings (SSSR count). The van der Waals surface area contributed by atoms with E-state index >= 15 is 0 Å². The number of thioether (sulfide) groups is 1. The Hall–Kier alpha value is -2.58. The minimum atomic E-state index is -0.125. The van der Waals surface area contributed by atoms with Gasteiger partial charge in [-0.3, -0.25) is 4.99 Å². The Morgan fingerprint density at radius 3 is 3.11 bits per heavy atom. The van der Waals surface area contributed by atoms with Crippen LogP contribution >= 0.6 is 11.8 Å². The lowest BCUT2D eigenvalue weighted by atomic mass is 9.97. The minimum Gasteiger partial charge on any atom is -0.508 e. The second kappa shape index (κ2) is 6.86. The molecule has 1 aromatic carbocycles. The van der Waals surface area contributed by atoms with Gasteiger partial charge in [0.05, 0.1) is 5.69 Å². The summed E-state index contributed by atoms with van der Waals surface area (Å²) < 4.78 is 0. The molecule has 3 atom stereocenters. The maximum atomic E-state index is 9.91. The van der Waals surface area contributed by atoms with E-state index in [1.807, 2.05) is 29.8 Å². The van der Waals surface area contributed by atoms with Crippen LogP contribution in [0.15, 0.2) is 53.1 Å². The number of nitrogens with zero attached hydrogens (tertiary/aromatic N) is 4. The fourth-order valence-electron chi connectivity index (χ4n) is 3.77. The smallest absolute Gasteiger partial charge is 0.223 e. The van der Waals surface area contributed by atoms with Gasteiger partial charge in [0.2, 0.25) is 5.95 Å². The van der Waals surface area contributed by atoms with Crippen molar-refractivity contribution < 1.29 is 5.11 Å². The molecule has 7 nitrogen and oxygen atoms in total. The molecule has 27 heavy (non-hydrogen) atoms. The Morgan fingerprint density at radius 2 is 2.26 bits per heavy atom. The lowest BCUT2D eigenvalue weighted by molar-refractivity contribution is 0.390. The van der Waals surface area contributed by atoms with Crippen LogP contribution in [0.5, 0.6) is 5.75 Å². The lowest BCUT2D eigenvalue weighted by Crippen LogP contribution is -2.26. The first-order valence-electron chi connectivity index (χ1n) is 9.06. The summed E-state index contributed by atoms with van der Waals surface area (Å²) in [7, 11) is 0. The fraction of sp³-hybridized carbons (Fsp3) is 0.316. The van der Waals surface area contributed by atoms with Crippen LogP contribution in [-0.4, -0.2) is 44.3 Å². The number of phenolic OH excluding ortho intramolecular Hbond substituents is 1. The van der Waals surface area contributed by atoms with E-state index in [0.717, 1.165) is 35.9 Å². The SMILES string of the molecule is Oc1cccc(C2N=C3SC=CN3C2c2ccnc(N[C@@H]3CCNC3)n2)c1. The predicted octanol–water partition coefficient (Wildman–Crippen LogP) is 2.63. The first-order valence-corrected chi connectivity index (χ1v) is 9.94. The molecule has 4 heterocycles. The molecule has 0 radical (unpaired) electrons. The van der Waals surface area contributed by atoms with Gasteiger partial charge in [0.15, 0.2) is 5.17 Å². The Labute approximate surface area is 161 Å². The number of rotatable bonds is 4. The molecule has 2 unspecified atom stereocenters. The quantitative estimate of drug-likeness (QED) is 0.752. The Morgan fingerprint density at radius 1 is 1.30 bits per heavy atom. The molecule has 0 amide bonds. The highest BCUT2D eigenvalue weighted by Gasteiger charge is 2.40. The van der Waals surface area contributed by atoms with E-state index in [9.17, 15) is 5.11 Å². The van der Waals surface area contributed by atoms with Crippen molar-refractivity contribution in [1.82, 2.24) is 20.2 Å². The summed E-state index contributed by atoms with van der Waals surface area (Å²) in [4.78, 5) is 16.3. The van der Waals surface area contributed by atoms with E-state index in [4.69, 9.17) is 9.98 Å². The number of nitrogens with one attached hydrogen (secondary N) is 2. The van der Waals surface area contributed by atoms with E-state index in [-0.39, 0.29) is 17.8 Å². The van der Waals surface area contributed by atoms with Crippen molar-refractivity contribution in [2.24, 2.45) is 4.99 Å². The summed E-state index contributed by atoms with van der Waals surface area (Å²) in [5.74, 6) is 0.903. The molecule has 0 saturated carbocycles. The zero-order chi connectivity index (χ0) is 18.2. The molecule has 1 aromatic heterocycles. The van der Waals surface area contributed by atoms with Crippen molar-refractivity contribution in [2.45, 2.75) is 24.5 Å². The Kier molecular flexibility index (Phi) is 4.21. The number of phenols is 1. The van der Waals surface area contributed by atoms with Gasteiger partial charge in [-0.15, -0.1) is 0 Å². The highest BCUT2D eigenvalue weighted by Crippen LogP contribution is 2.46. The average molecular weight is 380 g/mol. The van der Waals surface area contributed by atoms with Crippen molar-refractivity contribution in [3.05, 3.63) is 59.4 Å². The normalized spacial score (nSPS) is 26.3. The Bertz CT molecular complexity index is 911. The van der Waals surface area contributed by atoms with Crippen LogP contribution in [0.2, 0.25) is 0 Å². The van der Waals surface area contributed by atoms with Crippen LogP contribution in [0.3, 0.4) is 0 Å². The zero-order valence-electron chi connectivity index (χ0n) is 14.6. The summed E-state index contributed by atoms with van der Waals surface area (Å²) in [6.07, 6.45) is 4.92. The van der Waals surface area contributed by atoms with Gasteiger partial charge in [0, 0.05) is 25.0 Å². The van der Waals surface area contributed by atoms with Crippen LogP contribution in [-0.2, 0) is 0 Å². The van der Waals surface area contributed by atoms with Crippen LogP contribution < -0.4 is 10.6 Å². The molecule has 2 aromatic rings. The van der Waals surface area contributed by atoms with Gasteiger partial charge in [-0.2, -0.15) is 0 Å². The van der Waals surface area contributed by atoms with Gasteiger partial charge < -0.3 is 20.6 Å². The van der Waals surface area contributed by atoms with Gasteiger partial charge in [0.25, 0.3) is 0 Å². The van der Waals surface area contributed by atoms with Crippen LogP contribution in [0, 0.1) is 0 Å². The number of fused-ring (bicyclic) bond motifs is 1. The third kappa shape index (κ3) is 3.15. The number of hydrogen-bond acceptors (Lipinski definition) is 8. The van der Waals surface area contributed by atoms with E-state index < -0.39 is 0 Å². The van der Waals surface area contributed by atoms with Crippen molar-refractivity contribution in [2.75, 3.05) is 18.4 Å². The number of anilines is 1. The molecule has 3 N–H and O–H groups in total. The number of amidine groups is 1. The summed E-state index contributed by atoms with van der Waals surface area (Å²) >= 11 is 1.61. The number of hydrogen-bond donors (Lipinski definition) is 3. The summed E-state index contributed by atoms with van der Waals surface area (Å²) in [6, 6.07) is 9.45. The monoisotopic (exact) mass is 380 g/mol. The maximum absolute atomic E-state index is 9.91. The highest BCUT2D eigenvalue weighted by atomic mass is 32.2. The van der Waals surface area contributed by atoms with Crippen molar-refractivity contribution in [3.8, 4) is 5.75 Å². The average Bonchev–Trinajstić information content (AvgIpc) is 3.39. The zero-order valence-corrected chi connectivity index (χ0v) is 15.4. The van der Waals surface area contributed by atoms with Gasteiger partial charge in [-0.05, 0) is 42.1 Å². The fourth-order valence-corrected chi connectivity index (χ4v) is 4.55. The van der Waals surface area contributed by atoms with Crippen molar-refractivity contribution >= 4 is 22.9 Å². The van der Waals surface area contributed by atoms with E-state index in [1.165, 1.54) is 0 Å². The molecule has 0 bridgehead atoms. The number of aliphatic imine (C=N–C) groups is 1. The lowest BCUT2D eigenvalue weighted by Gasteiger charge is -2.25. The second-order valence-electron chi connectivity index (χ2n) is 6.85. The van der Waals surface area contributed by atoms with Gasteiger partial charge in [-0.1, -0.05) is 23.9 Å². The third-order valence-electron chi connectivity index (χ3n) is 5.05. The molecule has 8 heteroatoms. The first kappa shape index (κ1) is 16.6. The van der Waals surface area contributed by atoms with Crippen LogP contribution in [0.25, 0.3) is 0 Å². The number of aromatic hydroxyl groups is 1. The van der Waals surface area contributed by atoms with Crippen molar-refractivity contribution in [3.63, 3.8) is 0 Å². The summed E-state index contributed by atoms with van der Waals surface area (Å²) in [6.45, 7) is 1.95. The molecule has 3 aliphatic rings. The topological polar surface area (TPSA) is 85.7 Å². The molecule has 3 aliphatic heterocycles. The first-order chi connectivity index (χ1) is 13.3. The molecule has 0 aliphatic carbocycles. The van der Waals surface area contributed by atoms with Gasteiger partial charge >= 0.3 is 0 Å². The highest BCUT2D eigenvalue weighted by molar-refractivity contribution is 8.16. The van der Waals surface area contributed by atoms with Crippen LogP contribution in [0.1, 0.15) is 29.8 Å². The predicted molar refractivity (Wildman–Crippen MR) is 107 cm³/mol. The van der Waals surface area contributed by atoms with Gasteiger partial charge in [-0.25, -0.2) is 9.97 Å². The van der Waals surface area contributed by atoms with Gasteiger partial charge in [0.1, 0.15) is 17.8 Å². The molecule has 0 spiro atoms. The summed E-state index contributed by atoms with van der Waals surface area (Å²) in [5.41, 5.74) is 1.89. The molecule has 1 saturated heterocycles. The van der Waals surface area contributed by atoms with Crippen LogP contribution in [0.4, 0.5) is 5.95 Å². The molecule has 1 fully saturated rings. The Balaban J connectivity index is 1.48. The molecular formula is C19H20N6OS. The van der Waals surface area contributed by atoms with E-state index in [1.54, 1.807) is 30.1 Å². The maximum Gasteiger partial charge on any atom is 0.223 e. The standard InChI is InChI=1S/C19H20N6OS/c26-14-3-1-2-12(10-14)16-17(25-8-9-27-19(25)24-16)15-5-7-21-18(23-15)22-13-4-6-20-11-13/h1-3,5,7-10,13,16-17,20,26H,4,6,11H2,(H,21,22,23)/t13-,16?,17?/m1/s1.